The second-order valence-electron chi connectivity index (χ2n) is 5.88. The zero-order valence-corrected chi connectivity index (χ0v) is 10.1. The van der Waals surface area contributed by atoms with Gasteiger partial charge in [-0.1, -0.05) is 25.9 Å². The molecule has 4 heteroatoms. The Morgan fingerprint density at radius 3 is 2.33 bits per heavy atom. The Hall–Kier alpha value is -0.610. The molecule has 0 amide bonds. The maximum atomic E-state index is 9.98. The number of oxime groups is 1. The van der Waals surface area contributed by atoms with Crippen LogP contribution in [0, 0.1) is 5.41 Å². The zero-order chi connectivity index (χ0) is 11.9. The fraction of sp³-hybridized carbons (Fsp3) is 0.909. The van der Waals surface area contributed by atoms with Crippen molar-refractivity contribution in [2.24, 2.45) is 10.6 Å². The number of hydrogen-bond acceptors (Lipinski definition) is 4. The first-order valence-electron chi connectivity index (χ1n) is 5.24. The van der Waals surface area contributed by atoms with Gasteiger partial charge in [0.05, 0.1) is 17.4 Å². The molecule has 1 aliphatic rings. The Labute approximate surface area is 90.9 Å². The minimum atomic E-state index is -0.817. The lowest BCUT2D eigenvalue weighted by atomic mass is 9.79. The molecule has 4 nitrogen and oxygen atoms in total. The van der Waals surface area contributed by atoms with Gasteiger partial charge in [0.25, 0.3) is 0 Å². The topological polar surface area (TPSA) is 62.1 Å². The summed E-state index contributed by atoms with van der Waals surface area (Å²) in [5.74, 6) is 0. The van der Waals surface area contributed by atoms with E-state index < -0.39 is 11.7 Å². The van der Waals surface area contributed by atoms with Crippen molar-refractivity contribution in [3.8, 4) is 0 Å². The third kappa shape index (κ3) is 2.69. The first-order valence-corrected chi connectivity index (χ1v) is 5.24. The van der Waals surface area contributed by atoms with Gasteiger partial charge in [0.15, 0.2) is 0 Å². The molecule has 0 aromatic carbocycles. The molecule has 2 atom stereocenters. The van der Waals surface area contributed by atoms with Gasteiger partial charge in [-0.15, -0.1) is 0 Å². The number of ether oxygens (including phenoxy) is 1. The predicted molar refractivity (Wildman–Crippen MR) is 58.3 cm³/mol. The molecular formula is C11H21NO3. The molecule has 1 heterocycles. The van der Waals surface area contributed by atoms with E-state index in [9.17, 15) is 5.11 Å². The van der Waals surface area contributed by atoms with Gasteiger partial charge in [-0.2, -0.15) is 0 Å². The van der Waals surface area contributed by atoms with Crippen LogP contribution in [0.15, 0.2) is 5.16 Å². The van der Waals surface area contributed by atoms with Gasteiger partial charge in [-0.25, -0.2) is 0 Å². The Morgan fingerprint density at radius 2 is 1.93 bits per heavy atom. The summed E-state index contributed by atoms with van der Waals surface area (Å²) in [6, 6.07) is 0. The summed E-state index contributed by atoms with van der Waals surface area (Å²) >= 11 is 0. The number of rotatable bonds is 0. The molecule has 0 spiro atoms. The Balaban J connectivity index is 2.98. The maximum absolute atomic E-state index is 9.98. The highest BCUT2D eigenvalue weighted by Crippen LogP contribution is 2.35. The van der Waals surface area contributed by atoms with E-state index in [2.05, 4.69) is 5.16 Å². The van der Waals surface area contributed by atoms with Crippen LogP contribution in [0.2, 0.25) is 0 Å². The lowest BCUT2D eigenvalue weighted by molar-refractivity contribution is -0.157. The molecular weight excluding hydrogens is 194 g/mol. The van der Waals surface area contributed by atoms with Gasteiger partial charge in [0.2, 0.25) is 0 Å². The van der Waals surface area contributed by atoms with Gasteiger partial charge >= 0.3 is 0 Å². The summed E-state index contributed by atoms with van der Waals surface area (Å²) in [4.78, 5) is 0. The third-order valence-electron chi connectivity index (χ3n) is 2.66. The molecule has 0 radical (unpaired) electrons. The Morgan fingerprint density at radius 1 is 1.40 bits per heavy atom. The van der Waals surface area contributed by atoms with Gasteiger partial charge in [0.1, 0.15) is 6.10 Å². The summed E-state index contributed by atoms with van der Waals surface area (Å²) in [7, 11) is 0. The normalized spacial score (nSPS) is 34.4. The molecule has 1 rings (SSSR count). The quantitative estimate of drug-likeness (QED) is 0.478. The van der Waals surface area contributed by atoms with Crippen molar-refractivity contribution in [2.45, 2.75) is 58.8 Å². The van der Waals surface area contributed by atoms with Gasteiger partial charge in [0, 0.05) is 6.42 Å². The van der Waals surface area contributed by atoms with Crippen molar-refractivity contribution in [1.82, 2.24) is 0 Å². The second-order valence-corrected chi connectivity index (χ2v) is 5.88. The van der Waals surface area contributed by atoms with E-state index in [4.69, 9.17) is 9.94 Å². The average Bonchev–Trinajstić information content (AvgIpc) is 2.06. The highest BCUT2D eigenvalue weighted by atomic mass is 16.5. The van der Waals surface area contributed by atoms with Crippen LogP contribution in [0.1, 0.15) is 41.0 Å². The van der Waals surface area contributed by atoms with Crippen LogP contribution >= 0.6 is 0 Å². The smallest absolute Gasteiger partial charge is 0.122 e. The Bertz CT molecular complexity index is 265. The Kier molecular flexibility index (Phi) is 3.12. The largest absolute Gasteiger partial charge is 0.411 e. The van der Waals surface area contributed by atoms with Crippen LogP contribution in [-0.2, 0) is 4.74 Å². The molecule has 1 saturated heterocycles. The molecule has 1 fully saturated rings. The SMILES string of the molecule is CC1(C)C/C(=N\O)[C@H](O)C(C(C)(C)C)O1. The third-order valence-corrected chi connectivity index (χ3v) is 2.66. The summed E-state index contributed by atoms with van der Waals surface area (Å²) < 4.78 is 5.84. The molecule has 0 aromatic rings. The van der Waals surface area contributed by atoms with Crippen molar-refractivity contribution in [3.63, 3.8) is 0 Å². The van der Waals surface area contributed by atoms with Crippen molar-refractivity contribution < 1.29 is 15.1 Å². The van der Waals surface area contributed by atoms with E-state index in [1.165, 1.54) is 0 Å². The summed E-state index contributed by atoms with van der Waals surface area (Å²) in [6.45, 7) is 9.86. The number of aliphatic hydroxyl groups is 1. The van der Waals surface area contributed by atoms with E-state index in [0.717, 1.165) is 0 Å². The van der Waals surface area contributed by atoms with Crippen LogP contribution in [0.3, 0.4) is 0 Å². The van der Waals surface area contributed by atoms with Gasteiger partial charge in [-0.05, 0) is 19.3 Å². The molecule has 0 aromatic heterocycles. The van der Waals surface area contributed by atoms with E-state index in [0.29, 0.717) is 12.1 Å². The number of nitrogens with zero attached hydrogens (tertiary/aromatic N) is 1. The molecule has 1 unspecified atom stereocenters. The van der Waals surface area contributed by atoms with Gasteiger partial charge < -0.3 is 15.1 Å². The molecule has 0 bridgehead atoms. The molecule has 2 N–H and O–H groups in total. The predicted octanol–water partition coefficient (Wildman–Crippen LogP) is 1.79. The standard InChI is InChI=1S/C11H21NO3/c1-10(2,3)9-8(13)7(12-14)6-11(4,5)15-9/h8-9,13-14H,6H2,1-5H3/b12-7+/t8-,9?/m0/s1. The van der Waals surface area contributed by atoms with Gasteiger partial charge in [-0.3, -0.25) is 0 Å². The minimum absolute atomic E-state index is 0.187. The molecule has 88 valence electrons. The monoisotopic (exact) mass is 215 g/mol. The van der Waals surface area contributed by atoms with E-state index in [1.807, 2.05) is 34.6 Å². The van der Waals surface area contributed by atoms with E-state index >= 15 is 0 Å². The van der Waals surface area contributed by atoms with Crippen molar-refractivity contribution in [1.29, 1.82) is 0 Å². The van der Waals surface area contributed by atoms with Crippen LogP contribution in [0.4, 0.5) is 0 Å². The fourth-order valence-corrected chi connectivity index (χ4v) is 1.91. The summed E-state index contributed by atoms with van der Waals surface area (Å²) in [5, 5.41) is 22.0. The average molecular weight is 215 g/mol. The lowest BCUT2D eigenvalue weighted by Crippen LogP contribution is -2.54. The van der Waals surface area contributed by atoms with Crippen LogP contribution in [-0.4, -0.2) is 33.8 Å². The van der Waals surface area contributed by atoms with Crippen LogP contribution in [0.5, 0.6) is 0 Å². The number of hydrogen-bond donors (Lipinski definition) is 2. The molecule has 15 heavy (non-hydrogen) atoms. The fourth-order valence-electron chi connectivity index (χ4n) is 1.91. The first kappa shape index (κ1) is 12.5. The zero-order valence-electron chi connectivity index (χ0n) is 10.1. The lowest BCUT2D eigenvalue weighted by Gasteiger charge is -2.45. The minimum Gasteiger partial charge on any atom is -0.411 e. The molecule has 1 aliphatic heterocycles. The summed E-state index contributed by atoms with van der Waals surface area (Å²) in [6.07, 6.45) is -0.702. The van der Waals surface area contributed by atoms with Crippen molar-refractivity contribution >= 4 is 5.71 Å². The molecule has 0 aliphatic carbocycles. The maximum Gasteiger partial charge on any atom is 0.122 e. The van der Waals surface area contributed by atoms with E-state index in [1.54, 1.807) is 0 Å². The van der Waals surface area contributed by atoms with Crippen molar-refractivity contribution in [2.75, 3.05) is 0 Å². The highest BCUT2D eigenvalue weighted by molar-refractivity contribution is 5.90. The van der Waals surface area contributed by atoms with E-state index in [-0.39, 0.29) is 11.5 Å². The number of aliphatic hydroxyl groups excluding tert-OH is 1. The van der Waals surface area contributed by atoms with Crippen molar-refractivity contribution in [3.05, 3.63) is 0 Å². The van der Waals surface area contributed by atoms with Crippen LogP contribution in [0.25, 0.3) is 0 Å². The second kappa shape index (κ2) is 3.76. The molecule has 0 saturated carbocycles. The summed E-state index contributed by atoms with van der Waals surface area (Å²) in [5.41, 5.74) is -0.169. The highest BCUT2D eigenvalue weighted by Gasteiger charge is 2.44. The first-order chi connectivity index (χ1) is 6.67. The van der Waals surface area contributed by atoms with Crippen LogP contribution < -0.4 is 0 Å².